The van der Waals surface area contributed by atoms with Crippen LogP contribution in [0.5, 0.6) is 0 Å². The smallest absolute Gasteiger partial charge is 0.233 e. The predicted molar refractivity (Wildman–Crippen MR) is 78.1 cm³/mol. The van der Waals surface area contributed by atoms with Crippen molar-refractivity contribution in [2.45, 2.75) is 51.0 Å². The Morgan fingerprint density at radius 3 is 2.55 bits per heavy atom. The Bertz CT molecular complexity index is 570. The molecule has 1 heterocycles. The number of nitrogens with two attached hydrogens (primary N) is 1. The second-order valence-electron chi connectivity index (χ2n) is 5.71. The van der Waals surface area contributed by atoms with E-state index < -0.39 is 0 Å². The molecule has 2 aromatic rings. The first kappa shape index (κ1) is 13.3. The first-order valence-corrected chi connectivity index (χ1v) is 7.41. The number of nitrogens with zero attached hydrogens (tertiary/aromatic N) is 2. The third-order valence-electron chi connectivity index (χ3n) is 4.37. The Hall–Kier alpha value is -1.68. The Morgan fingerprint density at radius 2 is 2.00 bits per heavy atom. The minimum atomic E-state index is 0.150. The Kier molecular flexibility index (Phi) is 3.57. The molecule has 0 bridgehead atoms. The Balaban J connectivity index is 1.85. The van der Waals surface area contributed by atoms with Crippen LogP contribution in [-0.4, -0.2) is 10.1 Å². The van der Waals surface area contributed by atoms with Crippen molar-refractivity contribution in [1.29, 1.82) is 0 Å². The van der Waals surface area contributed by atoms with E-state index in [9.17, 15) is 0 Å². The van der Waals surface area contributed by atoms with Crippen LogP contribution in [0, 0.1) is 0 Å². The van der Waals surface area contributed by atoms with E-state index in [1.54, 1.807) is 0 Å². The second kappa shape index (κ2) is 5.37. The lowest BCUT2D eigenvalue weighted by Gasteiger charge is -2.38. The van der Waals surface area contributed by atoms with Crippen molar-refractivity contribution in [2.75, 3.05) is 0 Å². The summed E-state index contributed by atoms with van der Waals surface area (Å²) in [7, 11) is 0. The molecule has 4 nitrogen and oxygen atoms in total. The van der Waals surface area contributed by atoms with Crippen LogP contribution in [0.25, 0.3) is 11.4 Å². The average molecular weight is 271 g/mol. The SMILES string of the molecule is CCCC1(c2nc(-c3ccc(CN)cc3)no2)CCC1. The van der Waals surface area contributed by atoms with Gasteiger partial charge >= 0.3 is 0 Å². The van der Waals surface area contributed by atoms with Gasteiger partial charge in [-0.1, -0.05) is 49.2 Å². The van der Waals surface area contributed by atoms with Crippen molar-refractivity contribution in [1.82, 2.24) is 10.1 Å². The average Bonchev–Trinajstić information content (AvgIpc) is 2.93. The molecule has 0 amide bonds. The third kappa shape index (κ3) is 2.24. The Morgan fingerprint density at radius 1 is 1.25 bits per heavy atom. The van der Waals surface area contributed by atoms with E-state index in [0.29, 0.717) is 12.4 Å². The summed E-state index contributed by atoms with van der Waals surface area (Å²) in [5.74, 6) is 1.51. The van der Waals surface area contributed by atoms with Gasteiger partial charge < -0.3 is 10.3 Å². The van der Waals surface area contributed by atoms with Gasteiger partial charge in [-0.15, -0.1) is 0 Å². The van der Waals surface area contributed by atoms with Gasteiger partial charge in [-0.3, -0.25) is 0 Å². The highest BCUT2D eigenvalue weighted by Gasteiger charge is 2.42. The highest BCUT2D eigenvalue weighted by molar-refractivity contribution is 5.54. The van der Waals surface area contributed by atoms with Gasteiger partial charge in [0.15, 0.2) is 0 Å². The monoisotopic (exact) mass is 271 g/mol. The maximum atomic E-state index is 5.61. The van der Waals surface area contributed by atoms with Crippen LogP contribution in [0.2, 0.25) is 0 Å². The maximum Gasteiger partial charge on any atom is 0.233 e. The first-order chi connectivity index (χ1) is 9.77. The van der Waals surface area contributed by atoms with Crippen LogP contribution in [0.15, 0.2) is 28.8 Å². The first-order valence-electron chi connectivity index (χ1n) is 7.41. The molecule has 20 heavy (non-hydrogen) atoms. The molecule has 2 N–H and O–H groups in total. The summed E-state index contributed by atoms with van der Waals surface area (Å²) in [6.07, 6.45) is 5.91. The van der Waals surface area contributed by atoms with Crippen LogP contribution >= 0.6 is 0 Å². The molecule has 0 spiro atoms. The summed E-state index contributed by atoms with van der Waals surface area (Å²) in [6.45, 7) is 2.76. The molecule has 0 aliphatic heterocycles. The van der Waals surface area contributed by atoms with Gasteiger partial charge in [0.25, 0.3) is 0 Å². The molecular formula is C16H21N3O. The molecule has 106 valence electrons. The van der Waals surface area contributed by atoms with Crippen LogP contribution in [0.4, 0.5) is 0 Å². The van der Waals surface area contributed by atoms with Gasteiger partial charge in [-0.2, -0.15) is 4.98 Å². The minimum absolute atomic E-state index is 0.150. The molecule has 1 aromatic heterocycles. The van der Waals surface area contributed by atoms with Crippen LogP contribution in [-0.2, 0) is 12.0 Å². The lowest BCUT2D eigenvalue weighted by atomic mass is 9.66. The van der Waals surface area contributed by atoms with E-state index in [1.165, 1.54) is 19.3 Å². The maximum absolute atomic E-state index is 5.61. The quantitative estimate of drug-likeness (QED) is 0.905. The second-order valence-corrected chi connectivity index (χ2v) is 5.71. The van der Waals surface area contributed by atoms with Crippen LogP contribution in [0.3, 0.4) is 0 Å². The van der Waals surface area contributed by atoms with Crippen molar-refractivity contribution in [3.63, 3.8) is 0 Å². The summed E-state index contributed by atoms with van der Waals surface area (Å²) >= 11 is 0. The van der Waals surface area contributed by atoms with Crippen LogP contribution in [0.1, 0.15) is 50.5 Å². The zero-order valence-electron chi connectivity index (χ0n) is 11.9. The topological polar surface area (TPSA) is 64.9 Å². The highest BCUT2D eigenvalue weighted by atomic mass is 16.5. The summed E-state index contributed by atoms with van der Waals surface area (Å²) < 4.78 is 5.55. The fourth-order valence-corrected chi connectivity index (χ4v) is 3.00. The molecule has 0 unspecified atom stereocenters. The van der Waals surface area contributed by atoms with E-state index in [1.807, 2.05) is 24.3 Å². The molecule has 0 radical (unpaired) electrons. The summed E-state index contributed by atoms with van der Waals surface area (Å²) in [4.78, 5) is 4.64. The lowest BCUT2D eigenvalue weighted by molar-refractivity contribution is 0.160. The van der Waals surface area contributed by atoms with Crippen molar-refractivity contribution in [2.24, 2.45) is 5.73 Å². The van der Waals surface area contributed by atoms with E-state index in [2.05, 4.69) is 17.1 Å². The van der Waals surface area contributed by atoms with Crippen molar-refractivity contribution in [3.05, 3.63) is 35.7 Å². The molecule has 0 saturated heterocycles. The van der Waals surface area contributed by atoms with Gasteiger partial charge in [0.1, 0.15) is 0 Å². The van der Waals surface area contributed by atoms with Gasteiger partial charge in [0.05, 0.1) is 0 Å². The van der Waals surface area contributed by atoms with E-state index in [0.717, 1.165) is 29.9 Å². The summed E-state index contributed by atoms with van der Waals surface area (Å²) in [5.41, 5.74) is 7.86. The summed E-state index contributed by atoms with van der Waals surface area (Å²) in [5, 5.41) is 4.15. The minimum Gasteiger partial charge on any atom is -0.338 e. The zero-order valence-corrected chi connectivity index (χ0v) is 11.9. The number of hydrogen-bond donors (Lipinski definition) is 1. The number of benzene rings is 1. The highest BCUT2D eigenvalue weighted by Crippen LogP contribution is 2.46. The standard InChI is InChI=1S/C16H21N3O/c1-2-8-16(9-3-10-16)15-18-14(19-20-15)13-6-4-12(11-17)5-7-13/h4-7H,2-3,8-11,17H2,1H3. The summed E-state index contributed by atoms with van der Waals surface area (Å²) in [6, 6.07) is 8.03. The fraction of sp³-hybridized carbons (Fsp3) is 0.500. The van der Waals surface area contributed by atoms with Crippen molar-refractivity contribution >= 4 is 0 Å². The molecule has 1 aliphatic rings. The van der Waals surface area contributed by atoms with E-state index in [-0.39, 0.29) is 5.41 Å². The van der Waals surface area contributed by atoms with E-state index >= 15 is 0 Å². The molecule has 1 saturated carbocycles. The molecule has 3 rings (SSSR count). The molecule has 1 aromatic carbocycles. The predicted octanol–water partition coefficient (Wildman–Crippen LogP) is 3.42. The molecule has 0 atom stereocenters. The van der Waals surface area contributed by atoms with Crippen molar-refractivity contribution < 1.29 is 4.52 Å². The van der Waals surface area contributed by atoms with Gasteiger partial charge in [0, 0.05) is 17.5 Å². The molecular weight excluding hydrogens is 250 g/mol. The normalized spacial score (nSPS) is 16.9. The fourth-order valence-electron chi connectivity index (χ4n) is 3.00. The number of rotatable bonds is 5. The lowest BCUT2D eigenvalue weighted by Crippen LogP contribution is -2.34. The van der Waals surface area contributed by atoms with Crippen molar-refractivity contribution in [3.8, 4) is 11.4 Å². The zero-order chi connectivity index (χ0) is 14.0. The van der Waals surface area contributed by atoms with Crippen LogP contribution < -0.4 is 5.73 Å². The Labute approximate surface area is 119 Å². The molecule has 4 heteroatoms. The van der Waals surface area contributed by atoms with Gasteiger partial charge in [-0.25, -0.2) is 0 Å². The molecule has 1 aliphatic carbocycles. The van der Waals surface area contributed by atoms with Gasteiger partial charge in [0.2, 0.25) is 11.7 Å². The molecule has 1 fully saturated rings. The number of hydrogen-bond acceptors (Lipinski definition) is 4. The third-order valence-corrected chi connectivity index (χ3v) is 4.37. The largest absolute Gasteiger partial charge is 0.338 e. The van der Waals surface area contributed by atoms with E-state index in [4.69, 9.17) is 10.3 Å². The number of aromatic nitrogens is 2. The van der Waals surface area contributed by atoms with Gasteiger partial charge in [-0.05, 0) is 24.8 Å².